The molecule has 0 radical (unpaired) electrons. The average Bonchev–Trinajstić information content (AvgIpc) is 3.11. The third kappa shape index (κ3) is 4.64. The molecule has 1 fully saturated rings. The topological polar surface area (TPSA) is 86.8 Å². The molecule has 162 valence electrons. The summed E-state index contributed by atoms with van der Waals surface area (Å²) in [4.78, 5) is 25.9. The van der Waals surface area contributed by atoms with Gasteiger partial charge in [0.1, 0.15) is 0 Å². The molecule has 31 heavy (non-hydrogen) atoms. The minimum absolute atomic E-state index is 0.0222. The lowest BCUT2D eigenvalue weighted by Crippen LogP contribution is -2.33. The molecular formula is C23H25N3O4S. The monoisotopic (exact) mass is 439 g/mol. The van der Waals surface area contributed by atoms with E-state index in [0.717, 1.165) is 36.2 Å². The van der Waals surface area contributed by atoms with Crippen LogP contribution in [0.4, 0.5) is 17.1 Å². The smallest absolute Gasteiger partial charge is 0.248 e. The van der Waals surface area contributed by atoms with Crippen molar-refractivity contribution in [2.75, 3.05) is 33.4 Å². The Bertz CT molecular complexity index is 1140. The van der Waals surface area contributed by atoms with Crippen LogP contribution < -0.4 is 14.5 Å². The highest BCUT2D eigenvalue weighted by molar-refractivity contribution is 7.93. The van der Waals surface area contributed by atoms with Gasteiger partial charge in [-0.15, -0.1) is 0 Å². The first-order valence-electron chi connectivity index (χ1n) is 10.3. The van der Waals surface area contributed by atoms with Crippen LogP contribution in [0.1, 0.15) is 30.9 Å². The van der Waals surface area contributed by atoms with Gasteiger partial charge in [0.05, 0.1) is 11.4 Å². The molecular weight excluding hydrogens is 414 g/mol. The Kier molecular flexibility index (Phi) is 5.82. The molecule has 0 saturated carbocycles. The highest BCUT2D eigenvalue weighted by Gasteiger charge is 2.28. The van der Waals surface area contributed by atoms with Crippen LogP contribution in [0.25, 0.3) is 6.08 Å². The van der Waals surface area contributed by atoms with Crippen LogP contribution >= 0.6 is 0 Å². The van der Waals surface area contributed by atoms with Gasteiger partial charge >= 0.3 is 0 Å². The van der Waals surface area contributed by atoms with Crippen molar-refractivity contribution in [1.82, 2.24) is 0 Å². The molecule has 2 aromatic carbocycles. The quantitative estimate of drug-likeness (QED) is 0.742. The second-order valence-electron chi connectivity index (χ2n) is 7.77. The molecule has 0 aromatic heterocycles. The van der Waals surface area contributed by atoms with Crippen molar-refractivity contribution >= 4 is 45.0 Å². The molecule has 2 amide bonds. The second-order valence-corrected chi connectivity index (χ2v) is 9.79. The Morgan fingerprint density at radius 3 is 2.48 bits per heavy atom. The number of carbonyl (C=O) groups excluding carboxylic acids is 2. The summed E-state index contributed by atoms with van der Waals surface area (Å²) in [7, 11) is -3.20. The molecule has 0 unspecified atom stereocenters. The highest BCUT2D eigenvalue weighted by Crippen LogP contribution is 2.30. The van der Waals surface area contributed by atoms with E-state index in [1.54, 1.807) is 48.2 Å². The van der Waals surface area contributed by atoms with Crippen molar-refractivity contribution in [2.24, 2.45) is 0 Å². The minimum Gasteiger partial charge on any atom is -0.323 e. The van der Waals surface area contributed by atoms with Crippen LogP contribution in [0.15, 0.2) is 48.5 Å². The first-order valence-corrected chi connectivity index (χ1v) is 11.9. The number of rotatable bonds is 4. The number of fused-ring (bicyclic) bond motifs is 1. The molecule has 2 aromatic rings. The fourth-order valence-corrected chi connectivity index (χ4v) is 5.60. The molecule has 0 atom stereocenters. The molecule has 1 saturated heterocycles. The zero-order chi connectivity index (χ0) is 22.0. The van der Waals surface area contributed by atoms with E-state index in [4.69, 9.17) is 0 Å². The molecule has 0 bridgehead atoms. The van der Waals surface area contributed by atoms with Gasteiger partial charge in [-0.2, -0.15) is 0 Å². The highest BCUT2D eigenvalue weighted by atomic mass is 32.2. The van der Waals surface area contributed by atoms with Crippen LogP contribution in [0.5, 0.6) is 0 Å². The van der Waals surface area contributed by atoms with Crippen LogP contribution in [-0.4, -0.2) is 39.1 Å². The standard InChI is InChI=1S/C23H25N3O4S/c1-17(27)25-13-2-4-19-16-20(8-11-22(19)25)24-23(28)12-7-18-5-9-21(10-6-18)26-14-3-15-31(26,29)30/h5-12,16H,2-4,13-15H2,1H3,(H,24,28)/b12-7+. The minimum atomic E-state index is -3.20. The average molecular weight is 440 g/mol. The summed E-state index contributed by atoms with van der Waals surface area (Å²) in [5.74, 6) is -0.0518. The van der Waals surface area contributed by atoms with E-state index >= 15 is 0 Å². The summed E-state index contributed by atoms with van der Waals surface area (Å²) in [6.07, 6.45) is 5.55. The number of benzene rings is 2. The molecule has 8 heteroatoms. The number of anilines is 3. The van der Waals surface area contributed by atoms with Crippen LogP contribution in [-0.2, 0) is 26.0 Å². The maximum absolute atomic E-state index is 12.3. The maximum Gasteiger partial charge on any atom is 0.248 e. The van der Waals surface area contributed by atoms with Gasteiger partial charge in [0.25, 0.3) is 0 Å². The van der Waals surface area contributed by atoms with E-state index < -0.39 is 10.0 Å². The third-order valence-electron chi connectivity index (χ3n) is 5.55. The predicted octanol–water partition coefficient (Wildman–Crippen LogP) is 3.18. The van der Waals surface area contributed by atoms with E-state index in [9.17, 15) is 18.0 Å². The SMILES string of the molecule is CC(=O)N1CCCc2cc(NC(=O)/C=C/c3ccc(N4CCCS4(=O)=O)cc3)ccc21. The van der Waals surface area contributed by atoms with Crippen molar-refractivity contribution in [3.05, 3.63) is 59.7 Å². The van der Waals surface area contributed by atoms with Gasteiger partial charge in [-0.25, -0.2) is 8.42 Å². The number of hydrogen-bond acceptors (Lipinski definition) is 4. The maximum atomic E-state index is 12.3. The van der Waals surface area contributed by atoms with Gasteiger partial charge in [0.2, 0.25) is 21.8 Å². The Morgan fingerprint density at radius 1 is 1.03 bits per heavy atom. The molecule has 4 rings (SSSR count). The van der Waals surface area contributed by atoms with Crippen LogP contribution in [0.3, 0.4) is 0 Å². The fraction of sp³-hybridized carbons (Fsp3) is 0.304. The zero-order valence-electron chi connectivity index (χ0n) is 17.4. The Morgan fingerprint density at radius 2 is 1.81 bits per heavy atom. The van der Waals surface area contributed by atoms with E-state index in [-0.39, 0.29) is 17.6 Å². The predicted molar refractivity (Wildman–Crippen MR) is 123 cm³/mol. The lowest BCUT2D eigenvalue weighted by Gasteiger charge is -2.28. The summed E-state index contributed by atoms with van der Waals surface area (Å²) in [5, 5.41) is 2.86. The number of carbonyl (C=O) groups is 2. The summed E-state index contributed by atoms with van der Waals surface area (Å²) in [5.41, 5.74) is 4.10. The normalized spacial score (nSPS) is 17.6. The number of sulfonamides is 1. The van der Waals surface area contributed by atoms with Gasteiger partial charge < -0.3 is 10.2 Å². The van der Waals surface area contributed by atoms with Crippen molar-refractivity contribution in [3.63, 3.8) is 0 Å². The zero-order valence-corrected chi connectivity index (χ0v) is 18.2. The van der Waals surface area contributed by atoms with Gasteiger partial charge in [-0.05, 0) is 66.8 Å². The summed E-state index contributed by atoms with van der Waals surface area (Å²) < 4.78 is 25.5. The van der Waals surface area contributed by atoms with Crippen LogP contribution in [0.2, 0.25) is 0 Å². The number of nitrogens with zero attached hydrogens (tertiary/aromatic N) is 2. The molecule has 2 aliphatic heterocycles. The van der Waals surface area contributed by atoms with Crippen molar-refractivity contribution in [2.45, 2.75) is 26.2 Å². The van der Waals surface area contributed by atoms with E-state index in [2.05, 4.69) is 5.32 Å². The van der Waals surface area contributed by atoms with Gasteiger partial charge in [-0.1, -0.05) is 12.1 Å². The van der Waals surface area contributed by atoms with Crippen LogP contribution in [0, 0.1) is 0 Å². The Hall–Kier alpha value is -3.13. The fourth-order valence-electron chi connectivity index (χ4n) is 4.04. The van der Waals surface area contributed by atoms with Gasteiger partial charge in [0, 0.05) is 37.5 Å². The largest absolute Gasteiger partial charge is 0.323 e. The summed E-state index contributed by atoms with van der Waals surface area (Å²) >= 11 is 0. The molecule has 0 spiro atoms. The van der Waals surface area contributed by atoms with Gasteiger partial charge in [0.15, 0.2) is 0 Å². The Labute approximate surface area is 182 Å². The molecule has 1 N–H and O–H groups in total. The second kappa shape index (κ2) is 8.55. The summed E-state index contributed by atoms with van der Waals surface area (Å²) in [6, 6.07) is 12.7. The lowest BCUT2D eigenvalue weighted by molar-refractivity contribution is -0.116. The molecule has 0 aliphatic carbocycles. The summed E-state index contributed by atoms with van der Waals surface area (Å²) in [6.45, 7) is 2.79. The first-order chi connectivity index (χ1) is 14.8. The van der Waals surface area contributed by atoms with Crippen molar-refractivity contribution in [1.29, 1.82) is 0 Å². The van der Waals surface area contributed by atoms with Crippen molar-refractivity contribution < 1.29 is 18.0 Å². The number of amides is 2. The third-order valence-corrected chi connectivity index (χ3v) is 7.42. The van der Waals surface area contributed by atoms with Gasteiger partial charge in [-0.3, -0.25) is 13.9 Å². The molecule has 2 heterocycles. The van der Waals surface area contributed by atoms with E-state index in [1.807, 2.05) is 12.1 Å². The first kappa shape index (κ1) is 21.1. The number of nitrogens with one attached hydrogen (secondary N) is 1. The number of aryl methyl sites for hydroxylation is 1. The lowest BCUT2D eigenvalue weighted by atomic mass is 10.0. The number of hydrogen-bond donors (Lipinski definition) is 1. The Balaban J connectivity index is 1.40. The van der Waals surface area contributed by atoms with E-state index in [0.29, 0.717) is 24.3 Å². The molecule has 2 aliphatic rings. The van der Waals surface area contributed by atoms with E-state index in [1.165, 1.54) is 10.4 Å². The van der Waals surface area contributed by atoms with Crippen molar-refractivity contribution in [3.8, 4) is 0 Å². The molecule has 7 nitrogen and oxygen atoms in total.